The summed E-state index contributed by atoms with van der Waals surface area (Å²) in [6, 6.07) is 4.38. The van der Waals surface area contributed by atoms with E-state index in [4.69, 9.17) is 21.1 Å². The van der Waals surface area contributed by atoms with E-state index in [2.05, 4.69) is 49.7 Å². The lowest BCUT2D eigenvalue weighted by Crippen LogP contribution is -2.35. The first-order valence-corrected chi connectivity index (χ1v) is 16.3. The fraction of sp³-hybridized carbons (Fsp3) is 0.567. The van der Waals surface area contributed by atoms with E-state index < -0.39 is 10.8 Å². The van der Waals surface area contributed by atoms with Gasteiger partial charge in [-0.3, -0.25) is 8.89 Å². The molecule has 2 aromatic heterocycles. The SMILES string of the molecule is COCCN1CCC(c2cc(OC3CCC3)c(Nc3ncc(Cl)c(Nc4cn(C)nc4S(=O)C(C)C)n3)cc2C)CC1. The number of nitrogens with zero attached hydrogens (tertiary/aromatic N) is 5. The number of anilines is 4. The van der Waals surface area contributed by atoms with Crippen molar-refractivity contribution < 1.29 is 13.7 Å². The van der Waals surface area contributed by atoms with E-state index in [1.165, 1.54) is 17.5 Å². The highest BCUT2D eigenvalue weighted by Gasteiger charge is 2.26. The summed E-state index contributed by atoms with van der Waals surface area (Å²) in [5.74, 6) is 2.11. The summed E-state index contributed by atoms with van der Waals surface area (Å²) in [4.78, 5) is 11.6. The highest BCUT2D eigenvalue weighted by Crippen LogP contribution is 2.39. The maximum Gasteiger partial charge on any atom is 0.229 e. The molecule has 42 heavy (non-hydrogen) atoms. The van der Waals surface area contributed by atoms with Crippen LogP contribution in [0.2, 0.25) is 5.02 Å². The van der Waals surface area contributed by atoms with E-state index in [-0.39, 0.29) is 11.4 Å². The zero-order valence-electron chi connectivity index (χ0n) is 25.2. The fourth-order valence-corrected chi connectivity index (χ4v) is 6.50. The molecule has 1 aliphatic heterocycles. The van der Waals surface area contributed by atoms with Crippen molar-refractivity contribution in [1.82, 2.24) is 24.6 Å². The topological polar surface area (TPSA) is 106 Å². The monoisotopic (exact) mass is 615 g/mol. The minimum absolute atomic E-state index is 0.0814. The first-order chi connectivity index (χ1) is 20.2. The van der Waals surface area contributed by atoms with Gasteiger partial charge in [0.25, 0.3) is 0 Å². The highest BCUT2D eigenvalue weighted by atomic mass is 35.5. The second-order valence-corrected chi connectivity index (χ2v) is 13.8. The summed E-state index contributed by atoms with van der Waals surface area (Å²) < 4.78 is 26.2. The molecule has 0 radical (unpaired) electrons. The first-order valence-electron chi connectivity index (χ1n) is 14.7. The van der Waals surface area contributed by atoms with Crippen LogP contribution < -0.4 is 15.4 Å². The van der Waals surface area contributed by atoms with Gasteiger partial charge < -0.3 is 25.0 Å². The van der Waals surface area contributed by atoms with Crippen LogP contribution in [0.3, 0.4) is 0 Å². The van der Waals surface area contributed by atoms with Crippen molar-refractivity contribution in [2.45, 2.75) is 75.2 Å². The lowest BCUT2D eigenvalue weighted by molar-refractivity contribution is 0.120. The molecule has 5 rings (SSSR count). The molecule has 2 aliphatic rings. The van der Waals surface area contributed by atoms with Gasteiger partial charge in [-0.2, -0.15) is 10.1 Å². The van der Waals surface area contributed by atoms with Gasteiger partial charge in [0, 0.05) is 32.1 Å². The van der Waals surface area contributed by atoms with E-state index in [1.54, 1.807) is 31.2 Å². The first kappa shape index (κ1) is 30.7. The van der Waals surface area contributed by atoms with Gasteiger partial charge in [0.15, 0.2) is 10.8 Å². The van der Waals surface area contributed by atoms with Crippen molar-refractivity contribution in [3.63, 3.8) is 0 Å². The van der Waals surface area contributed by atoms with Crippen molar-refractivity contribution in [2.75, 3.05) is 44.0 Å². The molecule has 1 atom stereocenters. The molecule has 1 aromatic carbocycles. The van der Waals surface area contributed by atoms with Gasteiger partial charge in [-0.1, -0.05) is 25.4 Å². The molecule has 3 heterocycles. The molecule has 0 bridgehead atoms. The number of nitrogens with one attached hydrogen (secondary N) is 2. The molecule has 10 nitrogen and oxygen atoms in total. The minimum atomic E-state index is -1.28. The smallest absolute Gasteiger partial charge is 0.229 e. The predicted molar refractivity (Wildman–Crippen MR) is 168 cm³/mol. The van der Waals surface area contributed by atoms with E-state index in [0.29, 0.717) is 33.4 Å². The van der Waals surface area contributed by atoms with Crippen molar-refractivity contribution in [2.24, 2.45) is 7.05 Å². The second-order valence-electron chi connectivity index (χ2n) is 11.5. The number of likely N-dealkylation sites (tertiary alicyclic amines) is 1. The molecule has 12 heteroatoms. The molecule has 0 amide bonds. The number of halogens is 1. The summed E-state index contributed by atoms with van der Waals surface area (Å²) >= 11 is 6.49. The third-order valence-corrected chi connectivity index (χ3v) is 9.83. The van der Waals surface area contributed by atoms with E-state index in [9.17, 15) is 4.21 Å². The highest BCUT2D eigenvalue weighted by molar-refractivity contribution is 7.85. The normalized spacial score (nSPS) is 17.3. The molecule has 2 fully saturated rings. The van der Waals surface area contributed by atoms with Crippen molar-refractivity contribution in [1.29, 1.82) is 0 Å². The number of aromatic nitrogens is 4. The molecule has 1 aliphatic carbocycles. The number of rotatable bonds is 12. The average molecular weight is 616 g/mol. The third kappa shape index (κ3) is 7.24. The molecule has 0 spiro atoms. The zero-order chi connectivity index (χ0) is 29.8. The number of benzene rings is 1. The molecule has 3 aromatic rings. The number of hydrogen-bond acceptors (Lipinski definition) is 9. The van der Waals surface area contributed by atoms with Gasteiger partial charge >= 0.3 is 0 Å². The van der Waals surface area contributed by atoms with Gasteiger partial charge in [0.1, 0.15) is 10.8 Å². The standard InChI is InChI=1S/C30H42ClN7O3S/c1-19(2)42(39)29-26(18-37(4)36-29)33-28-24(31)17-32-30(35-28)34-25-15-20(3)23(16-27(25)41-22-7-6-8-22)21-9-11-38(12-10-21)13-14-40-5/h15-19,21-22H,6-14H2,1-5H3,(H2,32,33,34,35). The summed E-state index contributed by atoms with van der Waals surface area (Å²) in [6.45, 7) is 9.87. The van der Waals surface area contributed by atoms with Gasteiger partial charge in [-0.25, -0.2) is 4.98 Å². The van der Waals surface area contributed by atoms with Crippen LogP contribution in [0.15, 0.2) is 29.6 Å². The minimum Gasteiger partial charge on any atom is -0.488 e. The summed E-state index contributed by atoms with van der Waals surface area (Å²) in [5, 5.41) is 11.7. The van der Waals surface area contributed by atoms with Gasteiger partial charge in [0.05, 0.1) is 41.1 Å². The van der Waals surface area contributed by atoms with Crippen molar-refractivity contribution in [3.05, 3.63) is 40.7 Å². The third-order valence-electron chi connectivity index (χ3n) is 8.01. The quantitative estimate of drug-likeness (QED) is 0.256. The number of ether oxygens (including phenoxy) is 2. The Balaban J connectivity index is 1.38. The average Bonchev–Trinajstić information content (AvgIpc) is 3.31. The molecule has 2 N–H and O–H groups in total. The van der Waals surface area contributed by atoms with Crippen LogP contribution in [0, 0.1) is 6.92 Å². The van der Waals surface area contributed by atoms with Gasteiger partial charge in [-0.05, 0) is 81.3 Å². The fourth-order valence-electron chi connectivity index (χ4n) is 5.38. The number of aryl methyl sites for hydroxylation is 2. The molecule has 228 valence electrons. The van der Waals surface area contributed by atoms with Crippen LogP contribution in [0.1, 0.15) is 63.0 Å². The maximum absolute atomic E-state index is 12.8. The summed E-state index contributed by atoms with van der Waals surface area (Å²) in [6.07, 6.45) is 9.12. The molecule has 1 unspecified atom stereocenters. The number of hydrogen-bond donors (Lipinski definition) is 2. The largest absolute Gasteiger partial charge is 0.488 e. The zero-order valence-corrected chi connectivity index (χ0v) is 26.7. The van der Waals surface area contributed by atoms with Crippen LogP contribution >= 0.6 is 11.6 Å². The molecule has 1 saturated carbocycles. The number of methoxy groups -OCH3 is 1. The Labute approximate surface area is 256 Å². The Hall–Kier alpha value is -2.73. The molecule has 1 saturated heterocycles. The van der Waals surface area contributed by atoms with Gasteiger partial charge in [0.2, 0.25) is 5.95 Å². The van der Waals surface area contributed by atoms with Crippen LogP contribution in [0.5, 0.6) is 5.75 Å². The Morgan fingerprint density at radius 1 is 1.14 bits per heavy atom. The Morgan fingerprint density at radius 2 is 1.90 bits per heavy atom. The lowest BCUT2D eigenvalue weighted by Gasteiger charge is -2.33. The van der Waals surface area contributed by atoms with Crippen LogP contribution in [-0.2, 0) is 22.6 Å². The molecular formula is C30H42ClN7O3S. The van der Waals surface area contributed by atoms with E-state index in [0.717, 1.165) is 63.4 Å². The van der Waals surface area contributed by atoms with Crippen LogP contribution in [0.25, 0.3) is 0 Å². The van der Waals surface area contributed by atoms with E-state index >= 15 is 0 Å². The van der Waals surface area contributed by atoms with Gasteiger partial charge in [-0.15, -0.1) is 0 Å². The lowest BCUT2D eigenvalue weighted by atomic mass is 9.86. The second kappa shape index (κ2) is 13.7. The maximum atomic E-state index is 12.8. The Kier molecular flexibility index (Phi) is 10.0. The summed E-state index contributed by atoms with van der Waals surface area (Å²) in [5.41, 5.74) is 4.00. The van der Waals surface area contributed by atoms with E-state index in [1.807, 2.05) is 13.8 Å². The molecular weight excluding hydrogens is 574 g/mol. The Morgan fingerprint density at radius 3 is 2.57 bits per heavy atom. The van der Waals surface area contributed by atoms with Crippen molar-refractivity contribution in [3.8, 4) is 5.75 Å². The van der Waals surface area contributed by atoms with Crippen molar-refractivity contribution >= 4 is 45.5 Å². The summed E-state index contributed by atoms with van der Waals surface area (Å²) in [7, 11) is 2.27. The van der Waals surface area contributed by atoms with Crippen LogP contribution in [-0.4, -0.2) is 73.6 Å². The van der Waals surface area contributed by atoms with Crippen LogP contribution in [0.4, 0.5) is 23.1 Å². The number of piperidine rings is 1. The Bertz CT molecular complexity index is 1400. The predicted octanol–water partition coefficient (Wildman–Crippen LogP) is 5.93.